The van der Waals surface area contributed by atoms with E-state index in [1.54, 1.807) is 18.2 Å². The zero-order valence-electron chi connectivity index (χ0n) is 13.4. The Morgan fingerprint density at radius 3 is 2.62 bits per heavy atom. The van der Waals surface area contributed by atoms with E-state index >= 15 is 0 Å². The highest BCUT2D eigenvalue weighted by atomic mass is 32.2. The number of nitrogens with two attached hydrogens (primary N) is 1. The van der Waals surface area contributed by atoms with Gasteiger partial charge in [-0.3, -0.25) is 9.78 Å². The van der Waals surface area contributed by atoms with E-state index in [0.29, 0.717) is 10.8 Å². The number of likely N-dealkylation sites (tertiary alicyclic amines) is 1. The second-order valence-corrected chi connectivity index (χ2v) is 7.64. The molecule has 8 heteroatoms. The summed E-state index contributed by atoms with van der Waals surface area (Å²) in [7, 11) is -1.82. The fourth-order valence-electron chi connectivity index (χ4n) is 3.01. The number of pyridine rings is 1. The van der Waals surface area contributed by atoms with Crippen molar-refractivity contribution in [3.05, 3.63) is 36.2 Å². The normalized spacial score (nSPS) is 17.1. The van der Waals surface area contributed by atoms with Crippen molar-refractivity contribution in [3.63, 3.8) is 0 Å². The van der Waals surface area contributed by atoms with Gasteiger partial charge in [-0.05, 0) is 45.1 Å². The van der Waals surface area contributed by atoms with E-state index in [1.165, 1.54) is 12.3 Å². The van der Waals surface area contributed by atoms with Crippen LogP contribution in [0.25, 0.3) is 10.8 Å². The number of sulfonamides is 1. The van der Waals surface area contributed by atoms with Crippen molar-refractivity contribution < 1.29 is 13.2 Å². The number of amides is 1. The highest BCUT2D eigenvalue weighted by Gasteiger charge is 2.22. The van der Waals surface area contributed by atoms with Crippen molar-refractivity contribution in [2.24, 2.45) is 5.14 Å². The first-order valence-electron chi connectivity index (χ1n) is 7.76. The van der Waals surface area contributed by atoms with E-state index in [1.807, 2.05) is 0 Å². The van der Waals surface area contributed by atoms with Gasteiger partial charge in [0, 0.05) is 23.0 Å². The van der Waals surface area contributed by atoms with Gasteiger partial charge in [-0.2, -0.15) is 0 Å². The molecule has 0 aliphatic carbocycles. The Hall–Kier alpha value is -2.03. The second kappa shape index (κ2) is 6.46. The van der Waals surface area contributed by atoms with Crippen LogP contribution in [0.3, 0.4) is 0 Å². The number of primary sulfonamides is 1. The number of carbonyl (C=O) groups excluding carboxylic acids is 1. The van der Waals surface area contributed by atoms with Crippen LogP contribution in [0.4, 0.5) is 0 Å². The van der Waals surface area contributed by atoms with Gasteiger partial charge in [-0.1, -0.05) is 12.1 Å². The van der Waals surface area contributed by atoms with Gasteiger partial charge in [0.05, 0.1) is 4.90 Å². The molecule has 3 N–H and O–H groups in total. The monoisotopic (exact) mass is 348 g/mol. The van der Waals surface area contributed by atoms with Gasteiger partial charge in [-0.15, -0.1) is 0 Å². The van der Waals surface area contributed by atoms with E-state index in [4.69, 9.17) is 5.14 Å². The third-order valence-corrected chi connectivity index (χ3v) is 5.31. The average molecular weight is 348 g/mol. The SMILES string of the molecule is CN1CCC(NC(=O)c2nccc3c(S(N)(=O)=O)cccc23)CC1. The number of benzene rings is 1. The lowest BCUT2D eigenvalue weighted by molar-refractivity contribution is 0.0913. The summed E-state index contributed by atoms with van der Waals surface area (Å²) in [4.78, 5) is 19.0. The van der Waals surface area contributed by atoms with Crippen LogP contribution in [0.5, 0.6) is 0 Å². The first-order valence-corrected chi connectivity index (χ1v) is 9.31. The van der Waals surface area contributed by atoms with E-state index in [9.17, 15) is 13.2 Å². The number of fused-ring (bicyclic) bond motifs is 1. The summed E-state index contributed by atoms with van der Waals surface area (Å²) in [6.45, 7) is 1.87. The summed E-state index contributed by atoms with van der Waals surface area (Å²) in [5.74, 6) is -0.290. The highest BCUT2D eigenvalue weighted by Crippen LogP contribution is 2.24. The molecule has 24 heavy (non-hydrogen) atoms. The topological polar surface area (TPSA) is 105 Å². The van der Waals surface area contributed by atoms with Crippen LogP contribution in [0.1, 0.15) is 23.3 Å². The quantitative estimate of drug-likeness (QED) is 0.850. The Morgan fingerprint density at radius 2 is 1.96 bits per heavy atom. The van der Waals surface area contributed by atoms with E-state index in [0.717, 1.165) is 25.9 Å². The summed E-state index contributed by atoms with van der Waals surface area (Å²) < 4.78 is 23.5. The van der Waals surface area contributed by atoms with Crippen molar-refractivity contribution in [3.8, 4) is 0 Å². The largest absolute Gasteiger partial charge is 0.348 e. The number of nitrogens with zero attached hydrogens (tertiary/aromatic N) is 2. The van der Waals surface area contributed by atoms with Crippen LogP contribution < -0.4 is 10.5 Å². The number of aromatic nitrogens is 1. The van der Waals surface area contributed by atoms with E-state index < -0.39 is 10.0 Å². The molecule has 0 radical (unpaired) electrons. The van der Waals surface area contributed by atoms with Crippen molar-refractivity contribution in [1.29, 1.82) is 0 Å². The minimum absolute atomic E-state index is 0.00394. The molecule has 0 bridgehead atoms. The molecule has 2 heterocycles. The van der Waals surface area contributed by atoms with Gasteiger partial charge < -0.3 is 10.2 Å². The summed E-state index contributed by atoms with van der Waals surface area (Å²) in [6, 6.07) is 6.33. The summed E-state index contributed by atoms with van der Waals surface area (Å²) in [5.41, 5.74) is 0.219. The zero-order chi connectivity index (χ0) is 17.3. The molecule has 1 aromatic carbocycles. The zero-order valence-corrected chi connectivity index (χ0v) is 14.2. The number of carbonyl (C=O) groups is 1. The molecule has 1 fully saturated rings. The maximum atomic E-state index is 12.6. The molecular weight excluding hydrogens is 328 g/mol. The molecule has 0 saturated carbocycles. The van der Waals surface area contributed by atoms with Crippen LogP contribution in [0.2, 0.25) is 0 Å². The average Bonchev–Trinajstić information content (AvgIpc) is 2.55. The van der Waals surface area contributed by atoms with Crippen molar-refractivity contribution in [1.82, 2.24) is 15.2 Å². The predicted molar refractivity (Wildman–Crippen MR) is 91.1 cm³/mol. The summed E-state index contributed by atoms with van der Waals surface area (Å²) >= 11 is 0. The molecule has 3 rings (SSSR count). The minimum Gasteiger partial charge on any atom is -0.348 e. The number of piperidine rings is 1. The summed E-state index contributed by atoms with van der Waals surface area (Å²) in [5, 5.41) is 9.14. The van der Waals surface area contributed by atoms with Gasteiger partial charge in [0.1, 0.15) is 5.69 Å². The number of hydrogen-bond acceptors (Lipinski definition) is 5. The van der Waals surface area contributed by atoms with Gasteiger partial charge >= 0.3 is 0 Å². The van der Waals surface area contributed by atoms with Crippen LogP contribution in [0, 0.1) is 0 Å². The Balaban J connectivity index is 1.94. The van der Waals surface area contributed by atoms with Gasteiger partial charge in [0.2, 0.25) is 10.0 Å². The fraction of sp³-hybridized carbons (Fsp3) is 0.375. The van der Waals surface area contributed by atoms with Crippen LogP contribution >= 0.6 is 0 Å². The Morgan fingerprint density at radius 1 is 1.25 bits per heavy atom. The third kappa shape index (κ3) is 3.40. The molecular formula is C16H20N4O3S. The Labute approximate surface area is 140 Å². The molecule has 0 unspecified atom stereocenters. The standard InChI is InChI=1S/C16H20N4O3S/c1-20-9-6-11(7-10-20)19-16(21)15-13-3-2-4-14(24(17,22)23)12(13)5-8-18-15/h2-5,8,11H,6-7,9-10H2,1H3,(H,19,21)(H2,17,22,23). The lowest BCUT2D eigenvalue weighted by Crippen LogP contribution is -2.43. The number of rotatable bonds is 3. The molecule has 7 nitrogen and oxygen atoms in total. The van der Waals surface area contributed by atoms with Crippen LogP contribution in [-0.4, -0.2) is 50.4 Å². The van der Waals surface area contributed by atoms with Crippen molar-refractivity contribution in [2.75, 3.05) is 20.1 Å². The van der Waals surface area contributed by atoms with Crippen LogP contribution in [-0.2, 0) is 10.0 Å². The van der Waals surface area contributed by atoms with Gasteiger partial charge in [-0.25, -0.2) is 13.6 Å². The van der Waals surface area contributed by atoms with Crippen molar-refractivity contribution in [2.45, 2.75) is 23.8 Å². The maximum Gasteiger partial charge on any atom is 0.270 e. The van der Waals surface area contributed by atoms with E-state index in [2.05, 4.69) is 22.2 Å². The highest BCUT2D eigenvalue weighted by molar-refractivity contribution is 7.89. The Kier molecular flexibility index (Phi) is 4.53. The van der Waals surface area contributed by atoms with Crippen LogP contribution in [0.15, 0.2) is 35.4 Å². The molecule has 0 spiro atoms. The Bertz CT molecular complexity index is 874. The minimum atomic E-state index is -3.87. The summed E-state index contributed by atoms with van der Waals surface area (Å²) in [6.07, 6.45) is 3.20. The molecule has 2 aromatic rings. The first-order chi connectivity index (χ1) is 11.4. The molecule has 1 aliphatic heterocycles. The maximum absolute atomic E-state index is 12.6. The third-order valence-electron chi connectivity index (χ3n) is 4.34. The smallest absolute Gasteiger partial charge is 0.270 e. The molecule has 1 aliphatic rings. The first kappa shape index (κ1) is 16.8. The van der Waals surface area contributed by atoms with Gasteiger partial charge in [0.25, 0.3) is 5.91 Å². The lowest BCUT2D eigenvalue weighted by atomic mass is 10.0. The molecule has 0 atom stereocenters. The number of hydrogen-bond donors (Lipinski definition) is 2. The molecule has 128 valence electrons. The lowest BCUT2D eigenvalue weighted by Gasteiger charge is -2.29. The number of nitrogens with one attached hydrogen (secondary N) is 1. The molecule has 1 aromatic heterocycles. The molecule has 1 saturated heterocycles. The molecule has 1 amide bonds. The van der Waals surface area contributed by atoms with Gasteiger partial charge in [0.15, 0.2) is 0 Å². The fourth-order valence-corrected chi connectivity index (χ4v) is 3.77. The van der Waals surface area contributed by atoms with Crippen molar-refractivity contribution >= 4 is 26.7 Å². The predicted octanol–water partition coefficient (Wildman–Crippen LogP) is 0.706. The van der Waals surface area contributed by atoms with E-state index in [-0.39, 0.29) is 22.5 Å². The second-order valence-electron chi connectivity index (χ2n) is 6.11.